The fourth-order valence-corrected chi connectivity index (χ4v) is 4.22. The molecule has 0 fully saturated rings. The van der Waals surface area contributed by atoms with E-state index in [1.165, 1.54) is 6.21 Å². The van der Waals surface area contributed by atoms with E-state index in [0.29, 0.717) is 21.3 Å². The van der Waals surface area contributed by atoms with E-state index in [1.807, 2.05) is 38.1 Å². The van der Waals surface area contributed by atoms with Crippen molar-refractivity contribution in [1.82, 2.24) is 5.43 Å². The lowest BCUT2D eigenvalue weighted by atomic mass is 10.1. The Balaban J connectivity index is 1.68. The van der Waals surface area contributed by atoms with Gasteiger partial charge in [-0.25, -0.2) is 10.2 Å². The largest absolute Gasteiger partial charge is 0.483 e. The van der Waals surface area contributed by atoms with Gasteiger partial charge in [0.1, 0.15) is 5.75 Å². The number of hydrazone groups is 1. The smallest absolute Gasteiger partial charge is 0.343 e. The molecule has 8 heteroatoms. The number of halogens is 2. The highest BCUT2D eigenvalue weighted by atomic mass is 79.9. The van der Waals surface area contributed by atoms with E-state index in [1.54, 1.807) is 36.4 Å². The molecule has 0 aliphatic carbocycles. The second-order valence-corrected chi connectivity index (χ2v) is 8.63. The van der Waals surface area contributed by atoms with Crippen molar-refractivity contribution in [2.45, 2.75) is 13.8 Å². The minimum atomic E-state index is -0.505. The Morgan fingerprint density at radius 2 is 1.66 bits per heavy atom. The molecule has 0 saturated carbocycles. The number of ether oxygens (including phenoxy) is 2. The van der Waals surface area contributed by atoms with Gasteiger partial charge in [0.05, 0.1) is 16.3 Å². The van der Waals surface area contributed by atoms with E-state index in [2.05, 4.69) is 42.4 Å². The maximum absolute atomic E-state index is 12.5. The van der Waals surface area contributed by atoms with Gasteiger partial charge in [0.15, 0.2) is 12.4 Å². The first kappa shape index (κ1) is 23.7. The van der Waals surface area contributed by atoms with Crippen molar-refractivity contribution in [2.75, 3.05) is 6.61 Å². The van der Waals surface area contributed by atoms with Crippen molar-refractivity contribution in [1.29, 1.82) is 0 Å². The molecule has 0 heterocycles. The van der Waals surface area contributed by atoms with Crippen molar-refractivity contribution in [2.24, 2.45) is 5.10 Å². The van der Waals surface area contributed by atoms with Crippen LogP contribution in [0.5, 0.6) is 11.5 Å². The molecule has 0 saturated heterocycles. The molecular formula is C24H20Br2N2O4. The zero-order chi connectivity index (χ0) is 23.1. The molecule has 0 aliphatic heterocycles. The molecule has 3 aromatic carbocycles. The predicted octanol–water partition coefficient (Wildman–Crippen LogP) is 5.58. The zero-order valence-electron chi connectivity index (χ0n) is 17.4. The lowest BCUT2D eigenvalue weighted by Crippen LogP contribution is -2.25. The molecular weight excluding hydrogens is 540 g/mol. The average Bonchev–Trinajstić information content (AvgIpc) is 2.76. The van der Waals surface area contributed by atoms with Crippen LogP contribution in [-0.2, 0) is 4.79 Å². The second kappa shape index (κ2) is 11.1. The molecule has 0 aromatic heterocycles. The molecule has 1 N–H and O–H groups in total. The third kappa shape index (κ3) is 6.27. The molecule has 32 heavy (non-hydrogen) atoms. The molecule has 164 valence electrons. The highest BCUT2D eigenvalue weighted by Crippen LogP contribution is 2.32. The summed E-state index contributed by atoms with van der Waals surface area (Å²) in [5, 5.41) is 3.98. The number of rotatable bonds is 7. The predicted molar refractivity (Wildman–Crippen MR) is 130 cm³/mol. The van der Waals surface area contributed by atoms with Crippen LogP contribution >= 0.6 is 31.9 Å². The van der Waals surface area contributed by atoms with Gasteiger partial charge in [0.25, 0.3) is 5.91 Å². The average molecular weight is 560 g/mol. The summed E-state index contributed by atoms with van der Waals surface area (Å²) in [7, 11) is 0. The summed E-state index contributed by atoms with van der Waals surface area (Å²) in [4.78, 5) is 24.6. The summed E-state index contributed by atoms with van der Waals surface area (Å²) in [6.45, 7) is 3.66. The van der Waals surface area contributed by atoms with Crippen LogP contribution in [-0.4, -0.2) is 24.7 Å². The molecule has 0 radical (unpaired) electrons. The summed E-state index contributed by atoms with van der Waals surface area (Å²) < 4.78 is 12.5. The van der Waals surface area contributed by atoms with E-state index in [9.17, 15) is 9.59 Å². The van der Waals surface area contributed by atoms with Crippen LogP contribution in [0.3, 0.4) is 0 Å². The Kier molecular flexibility index (Phi) is 8.19. The lowest BCUT2D eigenvalue weighted by Gasteiger charge is -2.11. The van der Waals surface area contributed by atoms with Crippen LogP contribution in [0.1, 0.15) is 27.0 Å². The Bertz CT molecular complexity index is 1140. The normalized spacial score (nSPS) is 10.8. The number of hydrogen-bond donors (Lipinski definition) is 1. The number of carbonyl (C=O) groups excluding carboxylic acids is 2. The summed E-state index contributed by atoms with van der Waals surface area (Å²) in [5.74, 6) is 0.0413. The van der Waals surface area contributed by atoms with Gasteiger partial charge in [-0.05, 0) is 65.2 Å². The Morgan fingerprint density at radius 3 is 2.34 bits per heavy atom. The van der Waals surface area contributed by atoms with Crippen LogP contribution in [0.15, 0.2) is 74.7 Å². The minimum Gasteiger partial charge on any atom is -0.483 e. The second-order valence-electron chi connectivity index (χ2n) is 6.86. The van der Waals surface area contributed by atoms with Crippen LogP contribution in [0.25, 0.3) is 0 Å². The van der Waals surface area contributed by atoms with Gasteiger partial charge in [-0.15, -0.1) is 0 Å². The first-order chi connectivity index (χ1) is 15.3. The zero-order valence-corrected chi connectivity index (χ0v) is 20.6. The number of amides is 1. The van der Waals surface area contributed by atoms with E-state index in [0.717, 1.165) is 15.6 Å². The standard InChI is InChI=1S/C24H20Br2N2O4/c1-15-7-6-8-16(2)22(15)31-14-21(29)28-27-13-18-11-19(25)12-20(26)23(18)32-24(30)17-9-4-3-5-10-17/h3-13H,14H2,1-2H3,(H,28,29). The highest BCUT2D eigenvalue weighted by Gasteiger charge is 2.15. The van der Waals surface area contributed by atoms with Crippen LogP contribution in [0.4, 0.5) is 0 Å². The van der Waals surface area contributed by atoms with Crippen molar-refractivity contribution in [3.05, 3.63) is 91.9 Å². The monoisotopic (exact) mass is 558 g/mol. The number of esters is 1. The quantitative estimate of drug-likeness (QED) is 0.177. The molecule has 0 spiro atoms. The molecule has 3 aromatic rings. The number of aryl methyl sites for hydroxylation is 2. The van der Waals surface area contributed by atoms with Gasteiger partial charge in [-0.1, -0.05) is 52.3 Å². The third-order valence-corrected chi connectivity index (χ3v) is 5.44. The number of nitrogens with zero attached hydrogens (tertiary/aromatic N) is 1. The molecule has 1 amide bonds. The van der Waals surface area contributed by atoms with Gasteiger partial charge in [-0.2, -0.15) is 5.10 Å². The SMILES string of the molecule is Cc1cccc(C)c1OCC(=O)NN=Cc1cc(Br)cc(Br)c1OC(=O)c1ccccc1. The van der Waals surface area contributed by atoms with Gasteiger partial charge in [0, 0.05) is 10.0 Å². The highest BCUT2D eigenvalue weighted by molar-refractivity contribution is 9.11. The van der Waals surface area contributed by atoms with Crippen LogP contribution < -0.4 is 14.9 Å². The maximum Gasteiger partial charge on any atom is 0.343 e. The lowest BCUT2D eigenvalue weighted by molar-refractivity contribution is -0.123. The Labute approximate surface area is 202 Å². The summed E-state index contributed by atoms with van der Waals surface area (Å²) in [5.41, 5.74) is 5.24. The molecule has 6 nitrogen and oxygen atoms in total. The van der Waals surface area contributed by atoms with Gasteiger partial charge < -0.3 is 9.47 Å². The molecule has 3 rings (SSSR count). The fourth-order valence-electron chi connectivity index (χ4n) is 2.88. The Morgan fingerprint density at radius 1 is 0.969 bits per heavy atom. The van der Waals surface area contributed by atoms with E-state index >= 15 is 0 Å². The molecule has 0 bridgehead atoms. The maximum atomic E-state index is 12.5. The topological polar surface area (TPSA) is 77.0 Å². The Hall–Kier alpha value is -2.97. The third-order valence-electron chi connectivity index (χ3n) is 4.39. The molecule has 0 aliphatic rings. The van der Waals surface area contributed by atoms with Crippen LogP contribution in [0, 0.1) is 13.8 Å². The van der Waals surface area contributed by atoms with E-state index in [4.69, 9.17) is 9.47 Å². The van der Waals surface area contributed by atoms with Crippen molar-refractivity contribution in [3.8, 4) is 11.5 Å². The van der Waals surface area contributed by atoms with Gasteiger partial charge >= 0.3 is 5.97 Å². The molecule has 0 atom stereocenters. The number of hydrogen-bond acceptors (Lipinski definition) is 5. The minimum absolute atomic E-state index is 0.180. The molecule has 0 unspecified atom stereocenters. The summed E-state index contributed by atoms with van der Waals surface area (Å²) in [6.07, 6.45) is 1.40. The van der Waals surface area contributed by atoms with Gasteiger partial charge in [-0.3, -0.25) is 4.79 Å². The van der Waals surface area contributed by atoms with E-state index < -0.39 is 11.9 Å². The first-order valence-electron chi connectivity index (χ1n) is 9.62. The van der Waals surface area contributed by atoms with Gasteiger partial charge in [0.2, 0.25) is 0 Å². The number of carbonyl (C=O) groups is 2. The van der Waals surface area contributed by atoms with Crippen molar-refractivity contribution < 1.29 is 19.1 Å². The summed E-state index contributed by atoms with van der Waals surface area (Å²) in [6, 6.07) is 17.9. The summed E-state index contributed by atoms with van der Waals surface area (Å²) >= 11 is 6.81. The van der Waals surface area contributed by atoms with Crippen molar-refractivity contribution >= 4 is 50.0 Å². The van der Waals surface area contributed by atoms with Crippen LogP contribution in [0.2, 0.25) is 0 Å². The number of para-hydroxylation sites is 1. The van der Waals surface area contributed by atoms with Crippen molar-refractivity contribution in [3.63, 3.8) is 0 Å². The number of benzene rings is 3. The van der Waals surface area contributed by atoms with E-state index in [-0.39, 0.29) is 12.4 Å². The fraction of sp³-hybridized carbons (Fsp3) is 0.125. The number of nitrogens with one attached hydrogen (secondary N) is 1. The first-order valence-corrected chi connectivity index (χ1v) is 11.2.